The second-order valence-corrected chi connectivity index (χ2v) is 4.49. The third-order valence-electron chi connectivity index (χ3n) is 3.12. The number of rotatable bonds is 4. The Balaban J connectivity index is 2.40. The van der Waals surface area contributed by atoms with Gasteiger partial charge in [-0.2, -0.15) is 0 Å². The number of carboxylic acids is 1. The molecule has 0 unspecified atom stereocenters. The van der Waals surface area contributed by atoms with Crippen molar-refractivity contribution in [1.82, 2.24) is 0 Å². The molecular formula is C15H12N2O5. The van der Waals surface area contributed by atoms with E-state index in [1.54, 1.807) is 30.3 Å². The third kappa shape index (κ3) is 2.93. The molecule has 7 heteroatoms. The highest BCUT2D eigenvalue weighted by Gasteiger charge is 2.22. The van der Waals surface area contributed by atoms with E-state index in [-0.39, 0.29) is 11.6 Å². The summed E-state index contributed by atoms with van der Waals surface area (Å²) in [5.74, 6) is -1.74. The molecule has 2 rings (SSSR count). The van der Waals surface area contributed by atoms with Crippen LogP contribution in [0.2, 0.25) is 0 Å². The SMILES string of the molecule is CN(C(=O)c1ccccc1)c1ccc(C(=O)O)c([N+](=O)[O-])c1. The quantitative estimate of drug-likeness (QED) is 0.690. The maximum atomic E-state index is 12.3. The Labute approximate surface area is 125 Å². The van der Waals surface area contributed by atoms with Gasteiger partial charge in [-0.15, -0.1) is 0 Å². The fourth-order valence-corrected chi connectivity index (χ4v) is 1.95. The molecule has 22 heavy (non-hydrogen) atoms. The molecule has 0 bridgehead atoms. The lowest BCUT2D eigenvalue weighted by Crippen LogP contribution is -2.26. The van der Waals surface area contributed by atoms with Crippen LogP contribution in [0.15, 0.2) is 48.5 Å². The van der Waals surface area contributed by atoms with E-state index < -0.39 is 22.1 Å². The van der Waals surface area contributed by atoms with E-state index in [0.29, 0.717) is 5.56 Å². The Morgan fingerprint density at radius 2 is 1.77 bits per heavy atom. The summed E-state index contributed by atoms with van der Waals surface area (Å²) in [6.45, 7) is 0. The Bertz CT molecular complexity index is 743. The summed E-state index contributed by atoms with van der Waals surface area (Å²) in [5, 5.41) is 19.9. The fourth-order valence-electron chi connectivity index (χ4n) is 1.95. The molecular weight excluding hydrogens is 288 g/mol. The average Bonchev–Trinajstić information content (AvgIpc) is 2.53. The molecule has 0 fully saturated rings. The number of anilines is 1. The second kappa shape index (κ2) is 6.04. The highest BCUT2D eigenvalue weighted by molar-refractivity contribution is 6.06. The zero-order chi connectivity index (χ0) is 16.3. The fraction of sp³-hybridized carbons (Fsp3) is 0.0667. The van der Waals surface area contributed by atoms with Gasteiger partial charge in [0.1, 0.15) is 5.56 Å². The summed E-state index contributed by atoms with van der Waals surface area (Å²) in [6, 6.07) is 12.0. The van der Waals surface area contributed by atoms with Gasteiger partial charge < -0.3 is 10.0 Å². The molecule has 2 aromatic carbocycles. The Kier molecular flexibility index (Phi) is 4.17. The summed E-state index contributed by atoms with van der Waals surface area (Å²) in [6.07, 6.45) is 0. The Morgan fingerprint density at radius 3 is 2.32 bits per heavy atom. The lowest BCUT2D eigenvalue weighted by Gasteiger charge is -2.17. The van der Waals surface area contributed by atoms with Crippen LogP contribution in [0.25, 0.3) is 0 Å². The van der Waals surface area contributed by atoms with Crippen molar-refractivity contribution in [2.75, 3.05) is 11.9 Å². The molecule has 0 aromatic heterocycles. The predicted octanol–water partition coefficient (Wildman–Crippen LogP) is 2.57. The summed E-state index contributed by atoms with van der Waals surface area (Å²) >= 11 is 0. The van der Waals surface area contributed by atoms with Crippen LogP contribution in [0.1, 0.15) is 20.7 Å². The first kappa shape index (κ1) is 15.2. The Morgan fingerprint density at radius 1 is 1.14 bits per heavy atom. The minimum absolute atomic E-state index is 0.241. The number of carbonyl (C=O) groups excluding carboxylic acids is 1. The summed E-state index contributed by atoms with van der Waals surface area (Å²) < 4.78 is 0. The van der Waals surface area contributed by atoms with Crippen molar-refractivity contribution in [1.29, 1.82) is 0 Å². The number of nitrogens with zero attached hydrogens (tertiary/aromatic N) is 2. The zero-order valence-electron chi connectivity index (χ0n) is 11.6. The predicted molar refractivity (Wildman–Crippen MR) is 79.2 cm³/mol. The first-order valence-corrected chi connectivity index (χ1v) is 6.26. The molecule has 0 aliphatic rings. The van der Waals surface area contributed by atoms with E-state index in [1.807, 2.05) is 0 Å². The molecule has 0 saturated carbocycles. The number of hydrogen-bond acceptors (Lipinski definition) is 4. The first-order chi connectivity index (χ1) is 10.4. The minimum Gasteiger partial charge on any atom is -0.477 e. The summed E-state index contributed by atoms with van der Waals surface area (Å²) in [4.78, 5) is 34.7. The van der Waals surface area contributed by atoms with E-state index in [4.69, 9.17) is 5.11 Å². The molecule has 112 valence electrons. The molecule has 0 aliphatic heterocycles. The first-order valence-electron chi connectivity index (χ1n) is 6.26. The molecule has 0 atom stereocenters. The highest BCUT2D eigenvalue weighted by atomic mass is 16.6. The number of hydrogen-bond donors (Lipinski definition) is 1. The largest absolute Gasteiger partial charge is 0.477 e. The topological polar surface area (TPSA) is 101 Å². The van der Waals surface area contributed by atoms with Gasteiger partial charge in [0.25, 0.3) is 11.6 Å². The van der Waals surface area contributed by atoms with Crippen LogP contribution in [-0.4, -0.2) is 29.0 Å². The van der Waals surface area contributed by atoms with Gasteiger partial charge in [0.05, 0.1) is 10.6 Å². The van der Waals surface area contributed by atoms with E-state index in [0.717, 1.165) is 12.1 Å². The number of carbonyl (C=O) groups is 2. The second-order valence-electron chi connectivity index (χ2n) is 4.49. The van der Waals surface area contributed by atoms with Crippen molar-refractivity contribution in [3.05, 3.63) is 69.8 Å². The van der Waals surface area contributed by atoms with Crippen molar-refractivity contribution >= 4 is 23.3 Å². The minimum atomic E-state index is -1.39. The van der Waals surface area contributed by atoms with Gasteiger partial charge in [-0.3, -0.25) is 14.9 Å². The zero-order valence-corrected chi connectivity index (χ0v) is 11.6. The number of nitro groups is 1. The van der Waals surface area contributed by atoms with Crippen molar-refractivity contribution in [3.63, 3.8) is 0 Å². The number of aromatic carboxylic acids is 1. The smallest absolute Gasteiger partial charge is 0.342 e. The summed E-state index contributed by atoms with van der Waals surface area (Å²) in [7, 11) is 1.47. The molecule has 0 aliphatic carbocycles. The number of amides is 1. The molecule has 1 N–H and O–H groups in total. The van der Waals surface area contributed by atoms with Crippen LogP contribution in [0.5, 0.6) is 0 Å². The molecule has 2 aromatic rings. The van der Waals surface area contributed by atoms with Gasteiger partial charge in [0.2, 0.25) is 0 Å². The van der Waals surface area contributed by atoms with Crippen LogP contribution >= 0.6 is 0 Å². The molecule has 1 amide bonds. The van der Waals surface area contributed by atoms with Crippen LogP contribution < -0.4 is 4.90 Å². The molecule has 7 nitrogen and oxygen atoms in total. The molecule has 0 saturated heterocycles. The lowest BCUT2D eigenvalue weighted by atomic mass is 10.1. The van der Waals surface area contributed by atoms with E-state index in [1.165, 1.54) is 18.0 Å². The van der Waals surface area contributed by atoms with Crippen LogP contribution in [0, 0.1) is 10.1 Å². The van der Waals surface area contributed by atoms with Gasteiger partial charge in [0, 0.05) is 18.7 Å². The van der Waals surface area contributed by atoms with Crippen molar-refractivity contribution in [2.24, 2.45) is 0 Å². The van der Waals surface area contributed by atoms with E-state index >= 15 is 0 Å². The van der Waals surface area contributed by atoms with Gasteiger partial charge in [-0.1, -0.05) is 18.2 Å². The number of carboxylic acid groups (broad SMARTS) is 1. The molecule has 0 heterocycles. The molecule has 0 radical (unpaired) electrons. The van der Waals surface area contributed by atoms with Crippen LogP contribution in [-0.2, 0) is 0 Å². The van der Waals surface area contributed by atoms with E-state index in [2.05, 4.69) is 0 Å². The standard InChI is InChI=1S/C15H12N2O5/c1-16(14(18)10-5-3-2-4-6-10)11-7-8-12(15(19)20)13(9-11)17(21)22/h2-9H,1H3,(H,19,20). The number of benzene rings is 2. The maximum absolute atomic E-state index is 12.3. The van der Waals surface area contributed by atoms with Gasteiger partial charge in [-0.25, -0.2) is 4.79 Å². The van der Waals surface area contributed by atoms with Crippen LogP contribution in [0.4, 0.5) is 11.4 Å². The maximum Gasteiger partial charge on any atom is 0.342 e. The average molecular weight is 300 g/mol. The van der Waals surface area contributed by atoms with E-state index in [9.17, 15) is 19.7 Å². The number of nitro benzene ring substituents is 1. The highest BCUT2D eigenvalue weighted by Crippen LogP contribution is 2.26. The van der Waals surface area contributed by atoms with Crippen LogP contribution in [0.3, 0.4) is 0 Å². The normalized spacial score (nSPS) is 10.0. The molecule has 0 spiro atoms. The monoisotopic (exact) mass is 300 g/mol. The van der Waals surface area contributed by atoms with Gasteiger partial charge >= 0.3 is 5.97 Å². The third-order valence-corrected chi connectivity index (χ3v) is 3.12. The van der Waals surface area contributed by atoms with Crippen molar-refractivity contribution in [3.8, 4) is 0 Å². The Hall–Kier alpha value is -3.22. The van der Waals surface area contributed by atoms with Crippen molar-refractivity contribution in [2.45, 2.75) is 0 Å². The van der Waals surface area contributed by atoms with Gasteiger partial charge in [0.15, 0.2) is 0 Å². The summed E-state index contributed by atoms with van der Waals surface area (Å²) in [5.41, 5.74) is -0.312. The van der Waals surface area contributed by atoms with Crippen molar-refractivity contribution < 1.29 is 19.6 Å². The van der Waals surface area contributed by atoms with Gasteiger partial charge in [-0.05, 0) is 24.3 Å². The lowest BCUT2D eigenvalue weighted by molar-refractivity contribution is -0.385.